The van der Waals surface area contributed by atoms with Gasteiger partial charge < -0.3 is 19.7 Å². The molecule has 0 spiro atoms. The normalized spacial score (nSPS) is 29.3. The average Bonchev–Trinajstić information content (AvgIpc) is 3.13. The van der Waals surface area contributed by atoms with Gasteiger partial charge in [0.15, 0.2) is 5.96 Å². The predicted octanol–water partition coefficient (Wildman–Crippen LogP) is 2.05. The molecule has 0 aromatic carbocycles. The monoisotopic (exact) mass is 398 g/mol. The van der Waals surface area contributed by atoms with Crippen molar-refractivity contribution in [2.24, 2.45) is 4.99 Å². The zero-order valence-corrected chi connectivity index (χ0v) is 18.4. The molecular formula is C20H38N4O2S. The zero-order valence-electron chi connectivity index (χ0n) is 17.6. The number of nitrogens with zero attached hydrogens (tertiary/aromatic N) is 3. The second-order valence-electron chi connectivity index (χ2n) is 8.94. The number of ether oxygens (including phenoxy) is 2. The van der Waals surface area contributed by atoms with Crippen LogP contribution in [0, 0.1) is 0 Å². The Hall–Kier alpha value is -0.500. The molecule has 1 atom stereocenters. The van der Waals surface area contributed by atoms with E-state index >= 15 is 0 Å². The Morgan fingerprint density at radius 3 is 2.48 bits per heavy atom. The van der Waals surface area contributed by atoms with Crippen LogP contribution < -0.4 is 5.32 Å². The minimum absolute atomic E-state index is 0.0581. The van der Waals surface area contributed by atoms with Crippen molar-refractivity contribution < 1.29 is 9.47 Å². The molecule has 0 saturated carbocycles. The zero-order chi connectivity index (χ0) is 19.3. The van der Waals surface area contributed by atoms with Gasteiger partial charge in [-0.25, -0.2) is 0 Å². The summed E-state index contributed by atoms with van der Waals surface area (Å²) in [5.41, 5.74) is 0.190. The van der Waals surface area contributed by atoms with E-state index in [4.69, 9.17) is 9.47 Å². The maximum absolute atomic E-state index is 6.17. The quantitative estimate of drug-likeness (QED) is 0.578. The molecule has 3 heterocycles. The second kappa shape index (κ2) is 9.33. The number of aliphatic imine (C=N–C) groups is 1. The summed E-state index contributed by atoms with van der Waals surface area (Å²) in [6, 6.07) is 0. The molecule has 0 aromatic heterocycles. The highest BCUT2D eigenvalue weighted by Crippen LogP contribution is 2.33. The first-order chi connectivity index (χ1) is 12.9. The molecule has 6 nitrogen and oxygen atoms in total. The Morgan fingerprint density at radius 1 is 1.22 bits per heavy atom. The van der Waals surface area contributed by atoms with Gasteiger partial charge in [-0.2, -0.15) is 11.8 Å². The lowest BCUT2D eigenvalue weighted by Gasteiger charge is -2.44. The SMILES string of the molecule is CN=C(NCC1(N2CCOCC2)CCSC1)N1CCC(OC(C)(C)C)CC1. The van der Waals surface area contributed by atoms with Gasteiger partial charge in [-0.05, 0) is 45.8 Å². The third-order valence-corrected chi connectivity index (χ3v) is 7.05. The van der Waals surface area contributed by atoms with Crippen molar-refractivity contribution in [3.05, 3.63) is 0 Å². The maximum Gasteiger partial charge on any atom is 0.193 e. The molecule has 27 heavy (non-hydrogen) atoms. The number of guanidine groups is 1. The summed E-state index contributed by atoms with van der Waals surface area (Å²) in [7, 11) is 1.91. The number of hydrogen-bond acceptors (Lipinski definition) is 5. The molecule has 3 fully saturated rings. The van der Waals surface area contributed by atoms with Gasteiger partial charge in [-0.15, -0.1) is 0 Å². The number of likely N-dealkylation sites (tertiary alicyclic amines) is 1. The molecule has 0 aliphatic carbocycles. The Morgan fingerprint density at radius 2 is 1.93 bits per heavy atom. The standard InChI is InChI=1S/C20H38N4O2S/c1-19(2,3)26-17-5-8-23(9-6-17)18(21-4)22-15-20(7-14-27-16-20)24-10-12-25-13-11-24/h17H,5-16H2,1-4H3,(H,21,22). The van der Waals surface area contributed by atoms with Gasteiger partial charge in [0.25, 0.3) is 0 Å². The maximum atomic E-state index is 6.17. The Bertz CT molecular complexity index is 489. The molecule has 156 valence electrons. The minimum atomic E-state index is -0.0581. The van der Waals surface area contributed by atoms with Crippen LogP contribution in [0.15, 0.2) is 4.99 Å². The molecule has 0 aromatic rings. The number of nitrogens with one attached hydrogen (secondary N) is 1. The summed E-state index contributed by atoms with van der Waals surface area (Å²) in [6.45, 7) is 13.3. The number of morpholine rings is 1. The van der Waals surface area contributed by atoms with Crippen LogP contribution in [0.2, 0.25) is 0 Å². The molecule has 1 unspecified atom stereocenters. The lowest BCUT2D eigenvalue weighted by atomic mass is 9.95. The van der Waals surface area contributed by atoms with Crippen molar-refractivity contribution in [1.82, 2.24) is 15.1 Å². The summed E-state index contributed by atoms with van der Waals surface area (Å²) in [5, 5.41) is 3.72. The van der Waals surface area contributed by atoms with Crippen LogP contribution in [-0.2, 0) is 9.47 Å². The molecular weight excluding hydrogens is 360 g/mol. The topological polar surface area (TPSA) is 49.3 Å². The molecule has 0 radical (unpaired) electrons. The highest BCUT2D eigenvalue weighted by atomic mass is 32.2. The largest absolute Gasteiger partial charge is 0.379 e. The molecule has 3 aliphatic heterocycles. The Labute approximate surface area is 169 Å². The first kappa shape index (κ1) is 21.2. The van der Waals surface area contributed by atoms with Crippen molar-refractivity contribution in [2.45, 2.75) is 57.3 Å². The highest BCUT2D eigenvalue weighted by Gasteiger charge is 2.41. The molecule has 3 saturated heterocycles. The average molecular weight is 399 g/mol. The van der Waals surface area contributed by atoms with E-state index in [1.165, 1.54) is 17.9 Å². The van der Waals surface area contributed by atoms with Gasteiger partial charge in [0.05, 0.1) is 24.9 Å². The number of thioether (sulfide) groups is 1. The molecule has 3 aliphatic rings. The molecule has 0 amide bonds. The fourth-order valence-corrected chi connectivity index (χ4v) is 5.87. The Kier molecular flexibility index (Phi) is 7.33. The fraction of sp³-hybridized carbons (Fsp3) is 0.950. The van der Waals surface area contributed by atoms with E-state index in [1.54, 1.807) is 0 Å². The lowest BCUT2D eigenvalue weighted by molar-refractivity contribution is -0.0773. The van der Waals surface area contributed by atoms with Crippen molar-refractivity contribution in [2.75, 3.05) is 64.5 Å². The van der Waals surface area contributed by atoms with E-state index in [9.17, 15) is 0 Å². The number of rotatable bonds is 4. The minimum Gasteiger partial charge on any atom is -0.379 e. The first-order valence-corrected chi connectivity index (χ1v) is 11.6. The van der Waals surface area contributed by atoms with Crippen LogP contribution >= 0.6 is 11.8 Å². The van der Waals surface area contributed by atoms with Crippen LogP contribution in [0.4, 0.5) is 0 Å². The van der Waals surface area contributed by atoms with Crippen molar-refractivity contribution in [3.8, 4) is 0 Å². The fourth-order valence-electron chi connectivity index (χ4n) is 4.40. The van der Waals surface area contributed by atoms with Crippen molar-refractivity contribution in [3.63, 3.8) is 0 Å². The van der Waals surface area contributed by atoms with Crippen LogP contribution in [0.25, 0.3) is 0 Å². The summed E-state index contributed by atoms with van der Waals surface area (Å²) < 4.78 is 11.7. The van der Waals surface area contributed by atoms with Crippen LogP contribution in [0.1, 0.15) is 40.0 Å². The smallest absolute Gasteiger partial charge is 0.193 e. The van der Waals surface area contributed by atoms with Crippen molar-refractivity contribution in [1.29, 1.82) is 0 Å². The van der Waals surface area contributed by atoms with Gasteiger partial charge in [-0.1, -0.05) is 0 Å². The number of hydrogen-bond donors (Lipinski definition) is 1. The third kappa shape index (κ3) is 5.75. The molecule has 7 heteroatoms. The Balaban J connectivity index is 1.53. The van der Waals surface area contributed by atoms with Gasteiger partial charge in [0, 0.05) is 51.1 Å². The van der Waals surface area contributed by atoms with Gasteiger partial charge in [0.2, 0.25) is 0 Å². The van der Waals surface area contributed by atoms with E-state index in [0.29, 0.717) is 6.10 Å². The van der Waals surface area contributed by atoms with E-state index in [1.807, 2.05) is 7.05 Å². The van der Waals surface area contributed by atoms with Gasteiger partial charge >= 0.3 is 0 Å². The molecule has 1 N–H and O–H groups in total. The second-order valence-corrected chi connectivity index (χ2v) is 10.0. The van der Waals surface area contributed by atoms with Gasteiger partial charge in [0.1, 0.15) is 0 Å². The number of piperidine rings is 1. The summed E-state index contributed by atoms with van der Waals surface area (Å²) in [4.78, 5) is 9.64. The first-order valence-electron chi connectivity index (χ1n) is 10.5. The van der Waals surface area contributed by atoms with E-state index in [2.05, 4.69) is 52.6 Å². The van der Waals surface area contributed by atoms with E-state index in [0.717, 1.165) is 64.7 Å². The van der Waals surface area contributed by atoms with Crippen LogP contribution in [0.5, 0.6) is 0 Å². The van der Waals surface area contributed by atoms with E-state index < -0.39 is 0 Å². The summed E-state index contributed by atoms with van der Waals surface area (Å²) >= 11 is 2.08. The predicted molar refractivity (Wildman–Crippen MR) is 114 cm³/mol. The third-order valence-electron chi connectivity index (χ3n) is 5.81. The molecule has 0 bridgehead atoms. The highest BCUT2D eigenvalue weighted by molar-refractivity contribution is 7.99. The summed E-state index contributed by atoms with van der Waals surface area (Å²) in [6.07, 6.45) is 3.76. The van der Waals surface area contributed by atoms with E-state index in [-0.39, 0.29) is 11.1 Å². The molecule has 3 rings (SSSR count). The lowest BCUT2D eigenvalue weighted by Crippen LogP contribution is -2.60. The van der Waals surface area contributed by atoms with Crippen molar-refractivity contribution >= 4 is 17.7 Å². The summed E-state index contributed by atoms with van der Waals surface area (Å²) in [5.74, 6) is 3.51. The van der Waals surface area contributed by atoms with Gasteiger partial charge in [-0.3, -0.25) is 9.89 Å². The van der Waals surface area contributed by atoms with Crippen LogP contribution in [-0.4, -0.2) is 97.5 Å². The van der Waals surface area contributed by atoms with Crippen LogP contribution in [0.3, 0.4) is 0 Å².